The Bertz CT molecular complexity index is 2200. The molecule has 10 saturated carbocycles. The highest BCUT2D eigenvalue weighted by atomic mass is 16.6. The van der Waals surface area contributed by atoms with Crippen molar-refractivity contribution in [3.63, 3.8) is 0 Å². The van der Waals surface area contributed by atoms with Gasteiger partial charge in [-0.1, -0.05) is 96.9 Å². The van der Waals surface area contributed by atoms with E-state index >= 15 is 19.2 Å². The van der Waals surface area contributed by atoms with E-state index in [1.165, 1.54) is 13.8 Å². The molecule has 10 rings (SSSR count). The first kappa shape index (κ1) is 53.8. The van der Waals surface area contributed by atoms with Crippen LogP contribution in [0.15, 0.2) is 0 Å². The standard InChI is InChI=1S/C64H98O9/c1-37(65)71-47-19-21-57(11)43(55(47,7)8)17-23-59(13)45(57)33-41(67)49-39-35-53(3,4)25-29-63(39,31-27-61(49,59)15)51(69)73-52(70)64-30-26-54(5,6)36-40(64)50-42(68)34-46-58(12)22-20-48(72-38(2)66)56(9,10)44(58)18-24-60(46,14)62(50,16)28-32-64/h39-40,43-50H,17-36H2,1-16H3/t39-,40-,43-,44-,45+,46+,47-,48-,49+,50+,57-,58-,59+,60+,61+,62+,63-,64-/m0/s1. The van der Waals surface area contributed by atoms with Crippen LogP contribution in [0.3, 0.4) is 0 Å². The van der Waals surface area contributed by atoms with Gasteiger partial charge in [0.05, 0.1) is 10.8 Å². The second-order valence-electron chi connectivity index (χ2n) is 32.1. The number of esters is 4. The molecule has 0 bridgehead atoms. The molecule has 0 saturated heterocycles. The molecule has 10 aliphatic rings. The molecule has 0 aromatic rings. The van der Waals surface area contributed by atoms with Crippen LogP contribution in [0.1, 0.15) is 239 Å². The smallest absolute Gasteiger partial charge is 0.320 e. The van der Waals surface area contributed by atoms with Gasteiger partial charge < -0.3 is 14.2 Å². The van der Waals surface area contributed by atoms with Gasteiger partial charge >= 0.3 is 23.9 Å². The average Bonchev–Trinajstić information content (AvgIpc) is 3.26. The lowest BCUT2D eigenvalue weighted by Gasteiger charge is -2.73. The Kier molecular flexibility index (Phi) is 12.1. The van der Waals surface area contributed by atoms with Gasteiger partial charge in [0.1, 0.15) is 23.8 Å². The highest BCUT2D eigenvalue weighted by Gasteiger charge is 2.76. The van der Waals surface area contributed by atoms with E-state index in [4.69, 9.17) is 14.2 Å². The number of hydrogen-bond donors (Lipinski definition) is 0. The molecule has 0 aliphatic heterocycles. The molecule has 18 atom stereocenters. The third-order valence-electron chi connectivity index (χ3n) is 27.5. The molecule has 0 spiro atoms. The molecule has 9 heteroatoms. The average molecular weight is 1010 g/mol. The molecule has 0 heterocycles. The van der Waals surface area contributed by atoms with E-state index in [2.05, 4.69) is 96.9 Å². The van der Waals surface area contributed by atoms with Crippen molar-refractivity contribution < 1.29 is 43.0 Å². The van der Waals surface area contributed by atoms with Gasteiger partial charge in [-0.2, -0.15) is 0 Å². The van der Waals surface area contributed by atoms with Gasteiger partial charge in [0.25, 0.3) is 0 Å². The fourth-order valence-corrected chi connectivity index (χ4v) is 23.2. The highest BCUT2D eigenvalue weighted by molar-refractivity contribution is 5.94. The van der Waals surface area contributed by atoms with Gasteiger partial charge in [0, 0.05) is 49.4 Å². The second kappa shape index (κ2) is 16.5. The summed E-state index contributed by atoms with van der Waals surface area (Å²) in [5.74, 6) is -0.729. The summed E-state index contributed by atoms with van der Waals surface area (Å²) in [5.41, 5.74) is -3.58. The predicted octanol–water partition coefficient (Wildman–Crippen LogP) is 14.0. The van der Waals surface area contributed by atoms with Crippen molar-refractivity contribution in [2.45, 2.75) is 251 Å². The summed E-state index contributed by atoms with van der Waals surface area (Å²) in [4.78, 5) is 87.2. The quantitative estimate of drug-likeness (QED) is 0.153. The van der Waals surface area contributed by atoms with Crippen molar-refractivity contribution in [3.05, 3.63) is 0 Å². The van der Waals surface area contributed by atoms with E-state index in [1.807, 2.05) is 0 Å². The maximum Gasteiger partial charge on any atom is 0.320 e. The molecule has 0 amide bonds. The number of rotatable bonds is 4. The van der Waals surface area contributed by atoms with Crippen LogP contribution in [0.25, 0.3) is 0 Å². The zero-order chi connectivity index (χ0) is 53.5. The second-order valence-corrected chi connectivity index (χ2v) is 32.1. The van der Waals surface area contributed by atoms with Crippen molar-refractivity contribution in [3.8, 4) is 0 Å². The lowest BCUT2D eigenvalue weighted by atomic mass is 9.31. The van der Waals surface area contributed by atoms with Crippen LogP contribution in [0.5, 0.6) is 0 Å². The van der Waals surface area contributed by atoms with Gasteiger partial charge in [-0.3, -0.25) is 28.8 Å². The Morgan fingerprint density at radius 3 is 1.10 bits per heavy atom. The van der Waals surface area contributed by atoms with Crippen molar-refractivity contribution >= 4 is 35.4 Å². The van der Waals surface area contributed by atoms with Crippen molar-refractivity contribution in [1.82, 2.24) is 0 Å². The molecule has 10 aliphatic carbocycles. The number of fused-ring (bicyclic) bond motifs is 14. The van der Waals surface area contributed by atoms with Gasteiger partial charge in [-0.25, -0.2) is 0 Å². The largest absolute Gasteiger partial charge is 0.462 e. The van der Waals surface area contributed by atoms with Crippen molar-refractivity contribution in [1.29, 1.82) is 0 Å². The molecule has 10 fully saturated rings. The Morgan fingerprint density at radius 1 is 0.411 bits per heavy atom. The van der Waals surface area contributed by atoms with Crippen molar-refractivity contribution in [2.75, 3.05) is 0 Å². The van der Waals surface area contributed by atoms with E-state index in [0.717, 1.165) is 89.9 Å². The molecule has 0 N–H and O–H groups in total. The molecule has 9 nitrogen and oxygen atoms in total. The highest BCUT2D eigenvalue weighted by Crippen LogP contribution is 2.79. The third kappa shape index (κ3) is 7.19. The maximum absolute atomic E-state index is 15.8. The Morgan fingerprint density at radius 2 is 0.753 bits per heavy atom. The molecule has 0 radical (unpaired) electrons. The zero-order valence-corrected chi connectivity index (χ0v) is 48.6. The predicted molar refractivity (Wildman–Crippen MR) is 281 cm³/mol. The minimum Gasteiger partial charge on any atom is -0.462 e. The normalized spacial score (nSPS) is 50.8. The molecule has 0 unspecified atom stereocenters. The number of ether oxygens (including phenoxy) is 3. The minimum absolute atomic E-state index is 0.0764. The van der Waals surface area contributed by atoms with Crippen LogP contribution in [0.4, 0.5) is 0 Å². The topological polar surface area (TPSA) is 130 Å². The van der Waals surface area contributed by atoms with Gasteiger partial charge in [0.2, 0.25) is 0 Å². The first-order chi connectivity index (χ1) is 33.6. The molecule has 408 valence electrons. The van der Waals surface area contributed by atoms with Gasteiger partial charge in [0.15, 0.2) is 0 Å². The zero-order valence-electron chi connectivity index (χ0n) is 48.6. The molecular formula is C64H98O9. The third-order valence-corrected chi connectivity index (χ3v) is 27.5. The number of carbonyl (C=O) groups excluding carboxylic acids is 6. The van der Waals surface area contributed by atoms with Gasteiger partial charge in [-0.05, 0) is 194 Å². The summed E-state index contributed by atoms with van der Waals surface area (Å²) in [6.45, 7) is 36.0. The summed E-state index contributed by atoms with van der Waals surface area (Å²) >= 11 is 0. The van der Waals surface area contributed by atoms with Crippen molar-refractivity contribution in [2.24, 2.45) is 112 Å². The van der Waals surface area contributed by atoms with Gasteiger partial charge in [-0.15, -0.1) is 0 Å². The number of hydrogen-bond acceptors (Lipinski definition) is 9. The molecular weight excluding hydrogens is 913 g/mol. The van der Waals surface area contributed by atoms with E-state index in [1.54, 1.807) is 0 Å². The number of ketones is 2. The fourth-order valence-electron chi connectivity index (χ4n) is 23.2. The Hall–Kier alpha value is -2.58. The first-order valence-corrected chi connectivity index (χ1v) is 29.7. The van der Waals surface area contributed by atoms with E-state index in [9.17, 15) is 9.59 Å². The summed E-state index contributed by atoms with van der Waals surface area (Å²) in [7, 11) is 0. The number of carbonyl (C=O) groups is 6. The fraction of sp³-hybridized carbons (Fsp3) is 0.906. The summed E-state index contributed by atoms with van der Waals surface area (Å²) in [6, 6.07) is 0. The Labute approximate surface area is 440 Å². The maximum atomic E-state index is 15.8. The SMILES string of the molecule is CC(=O)O[C@H]1CC[C@]2(C)[C@H]3CC(=O)[C@H]4[C@@H]5CC(C)(C)CC[C@]5(C(=O)OC(=O)[C@]56CCC(C)(C)C[C@H]5[C@@H]5C(=O)C[C@@H]7[C@@]8(C)CC[C@H](OC(C)=O)C(C)(C)[C@@H]8CC[C@@]7(C)[C@]5(C)CC6)CC[C@@]4(C)[C@]3(C)CC[C@H]2C1(C)C. The summed E-state index contributed by atoms with van der Waals surface area (Å²) in [6.07, 6.45) is 15.3. The van der Waals surface area contributed by atoms with E-state index in [0.29, 0.717) is 61.9 Å². The van der Waals surface area contributed by atoms with Crippen LogP contribution in [-0.2, 0) is 43.0 Å². The molecule has 0 aromatic heterocycles. The van der Waals surface area contributed by atoms with Crippen LogP contribution in [-0.4, -0.2) is 47.7 Å². The molecule has 73 heavy (non-hydrogen) atoms. The lowest BCUT2D eigenvalue weighted by Crippen LogP contribution is -2.70. The number of Topliss-reactive ketones (excluding diaryl/α,β-unsaturated/α-hetero) is 2. The monoisotopic (exact) mass is 1010 g/mol. The van der Waals surface area contributed by atoms with E-state index in [-0.39, 0.29) is 114 Å². The van der Waals surface area contributed by atoms with Crippen LogP contribution in [0, 0.1) is 112 Å². The first-order valence-electron chi connectivity index (χ1n) is 29.7. The summed E-state index contributed by atoms with van der Waals surface area (Å²) in [5, 5.41) is 0. The van der Waals surface area contributed by atoms with Crippen LogP contribution in [0.2, 0.25) is 0 Å². The summed E-state index contributed by atoms with van der Waals surface area (Å²) < 4.78 is 18.7. The van der Waals surface area contributed by atoms with Crippen LogP contribution >= 0.6 is 0 Å². The van der Waals surface area contributed by atoms with E-state index < -0.39 is 22.8 Å². The van der Waals surface area contributed by atoms with Crippen LogP contribution < -0.4 is 0 Å². The Balaban J connectivity index is 0.946. The molecule has 0 aromatic carbocycles. The minimum atomic E-state index is -0.930. The lowest BCUT2D eigenvalue weighted by molar-refractivity contribution is -0.251.